The van der Waals surface area contributed by atoms with Gasteiger partial charge in [-0.3, -0.25) is 14.4 Å². The zero-order valence-corrected chi connectivity index (χ0v) is 14.9. The van der Waals surface area contributed by atoms with E-state index in [1.807, 2.05) is 6.07 Å². The van der Waals surface area contributed by atoms with Gasteiger partial charge in [0.25, 0.3) is 5.91 Å². The normalized spacial score (nSPS) is 10.1. The topological polar surface area (TPSA) is 75.7 Å². The predicted octanol–water partition coefficient (Wildman–Crippen LogP) is 2.76. The Balaban J connectivity index is 1.78. The molecule has 2 aromatic rings. The van der Waals surface area contributed by atoms with Crippen molar-refractivity contribution in [3.8, 4) is 5.75 Å². The minimum absolute atomic E-state index is 0.0414. The van der Waals surface area contributed by atoms with Gasteiger partial charge in [-0.2, -0.15) is 0 Å². The fraction of sp³-hybridized carbons (Fsp3) is 0.250. The molecule has 0 aliphatic heterocycles. The molecule has 26 heavy (non-hydrogen) atoms. The number of carbonyl (C=O) groups is 3. The van der Waals surface area contributed by atoms with E-state index in [1.54, 1.807) is 62.6 Å². The van der Waals surface area contributed by atoms with Crippen LogP contribution in [0.5, 0.6) is 5.75 Å². The first-order valence-electron chi connectivity index (χ1n) is 8.27. The lowest BCUT2D eigenvalue weighted by atomic mass is 10.1. The van der Waals surface area contributed by atoms with E-state index in [9.17, 15) is 14.4 Å². The molecule has 6 nitrogen and oxygen atoms in total. The van der Waals surface area contributed by atoms with Crippen LogP contribution < -0.4 is 10.1 Å². The van der Waals surface area contributed by atoms with Crippen LogP contribution in [0.4, 0.5) is 5.69 Å². The average molecular weight is 354 g/mol. The highest BCUT2D eigenvalue weighted by atomic mass is 16.5. The molecule has 0 atom stereocenters. The fourth-order valence-electron chi connectivity index (χ4n) is 2.13. The van der Waals surface area contributed by atoms with Crippen LogP contribution in [-0.4, -0.2) is 43.2 Å². The number of amides is 2. The number of rotatable bonds is 8. The molecule has 0 radical (unpaired) electrons. The number of nitrogens with one attached hydrogen (secondary N) is 1. The molecule has 0 spiro atoms. The Morgan fingerprint density at radius 2 is 1.58 bits per heavy atom. The Kier molecular flexibility index (Phi) is 6.91. The molecule has 0 aliphatic rings. The third kappa shape index (κ3) is 6.05. The summed E-state index contributed by atoms with van der Waals surface area (Å²) < 4.78 is 5.37. The van der Waals surface area contributed by atoms with E-state index >= 15 is 0 Å². The molecular weight excluding hydrogens is 332 g/mol. The number of likely N-dealkylation sites (N-methyl/N-ethyl adjacent to an activating group) is 1. The summed E-state index contributed by atoms with van der Waals surface area (Å²) in [5.41, 5.74) is 1.21. The monoisotopic (exact) mass is 354 g/mol. The summed E-state index contributed by atoms with van der Waals surface area (Å²) in [6, 6.07) is 15.6. The van der Waals surface area contributed by atoms with Gasteiger partial charge in [-0.05, 0) is 24.3 Å². The number of carbonyl (C=O) groups excluding carboxylic acids is 3. The third-order valence-electron chi connectivity index (χ3n) is 3.67. The standard InChI is InChI=1S/C20H22N2O4/c1-22(2)20(25)14-26-17-10-8-16(9-11-17)21-19(24)13-12-18(23)15-6-4-3-5-7-15/h3-11H,12-14H2,1-2H3,(H,21,24). The highest BCUT2D eigenvalue weighted by Crippen LogP contribution is 2.16. The average Bonchev–Trinajstić information content (AvgIpc) is 2.65. The quantitative estimate of drug-likeness (QED) is 0.740. The first-order valence-corrected chi connectivity index (χ1v) is 8.27. The summed E-state index contributed by atoms with van der Waals surface area (Å²) in [7, 11) is 3.32. The van der Waals surface area contributed by atoms with Crippen molar-refractivity contribution >= 4 is 23.3 Å². The Bertz CT molecular complexity index is 755. The van der Waals surface area contributed by atoms with E-state index in [-0.39, 0.29) is 37.0 Å². The SMILES string of the molecule is CN(C)C(=O)COc1ccc(NC(=O)CCC(=O)c2ccccc2)cc1. The minimum atomic E-state index is -0.231. The van der Waals surface area contributed by atoms with Crippen molar-refractivity contribution in [2.24, 2.45) is 0 Å². The van der Waals surface area contributed by atoms with Gasteiger partial charge >= 0.3 is 0 Å². The summed E-state index contributed by atoms with van der Waals surface area (Å²) in [6.07, 6.45) is 0.271. The van der Waals surface area contributed by atoms with Crippen LogP contribution in [0.1, 0.15) is 23.2 Å². The number of hydrogen-bond donors (Lipinski definition) is 1. The van der Waals surface area contributed by atoms with E-state index in [0.717, 1.165) is 0 Å². The Hall–Kier alpha value is -3.15. The van der Waals surface area contributed by atoms with E-state index in [1.165, 1.54) is 4.90 Å². The maximum atomic E-state index is 12.0. The molecule has 2 amide bonds. The first kappa shape index (κ1) is 19.2. The molecule has 0 fully saturated rings. The lowest BCUT2D eigenvalue weighted by molar-refractivity contribution is -0.130. The van der Waals surface area contributed by atoms with Crippen LogP contribution in [0, 0.1) is 0 Å². The molecule has 2 aromatic carbocycles. The molecular formula is C20H22N2O4. The second-order valence-electron chi connectivity index (χ2n) is 5.94. The number of ether oxygens (including phenoxy) is 1. The largest absolute Gasteiger partial charge is 0.484 e. The van der Waals surface area contributed by atoms with E-state index < -0.39 is 0 Å². The molecule has 2 rings (SSSR count). The van der Waals surface area contributed by atoms with Crippen LogP contribution in [0.15, 0.2) is 54.6 Å². The summed E-state index contributed by atoms with van der Waals surface area (Å²) in [5, 5.41) is 2.74. The number of Topliss-reactive ketones (excluding diaryl/α,β-unsaturated/α-hetero) is 1. The zero-order valence-electron chi connectivity index (χ0n) is 14.9. The first-order chi connectivity index (χ1) is 12.5. The smallest absolute Gasteiger partial charge is 0.259 e. The minimum Gasteiger partial charge on any atom is -0.484 e. The number of nitrogens with zero attached hydrogens (tertiary/aromatic N) is 1. The van der Waals surface area contributed by atoms with Crippen molar-refractivity contribution in [3.63, 3.8) is 0 Å². The van der Waals surface area contributed by atoms with Crippen molar-refractivity contribution in [1.82, 2.24) is 4.90 Å². The van der Waals surface area contributed by atoms with Crippen molar-refractivity contribution < 1.29 is 19.1 Å². The Labute approximate surface area is 152 Å². The number of anilines is 1. The second-order valence-corrected chi connectivity index (χ2v) is 5.94. The van der Waals surface area contributed by atoms with Crippen LogP contribution in [0.3, 0.4) is 0 Å². The fourth-order valence-corrected chi connectivity index (χ4v) is 2.13. The molecule has 0 unspecified atom stereocenters. The van der Waals surface area contributed by atoms with Crippen molar-refractivity contribution in [2.75, 3.05) is 26.0 Å². The molecule has 136 valence electrons. The number of ketones is 1. The van der Waals surface area contributed by atoms with Gasteiger partial charge in [0.2, 0.25) is 5.91 Å². The predicted molar refractivity (Wildman–Crippen MR) is 99.3 cm³/mol. The van der Waals surface area contributed by atoms with Crippen molar-refractivity contribution in [2.45, 2.75) is 12.8 Å². The summed E-state index contributed by atoms with van der Waals surface area (Å²) in [4.78, 5) is 36.9. The van der Waals surface area contributed by atoms with Gasteiger partial charge in [0.15, 0.2) is 12.4 Å². The van der Waals surface area contributed by atoms with Crippen LogP contribution in [0.25, 0.3) is 0 Å². The zero-order chi connectivity index (χ0) is 18.9. The molecule has 0 heterocycles. The van der Waals surface area contributed by atoms with E-state index in [0.29, 0.717) is 17.0 Å². The van der Waals surface area contributed by atoms with Gasteiger partial charge in [-0.15, -0.1) is 0 Å². The second kappa shape index (κ2) is 9.36. The van der Waals surface area contributed by atoms with Gasteiger partial charge in [-0.25, -0.2) is 0 Å². The van der Waals surface area contributed by atoms with Gasteiger partial charge in [-0.1, -0.05) is 30.3 Å². The van der Waals surface area contributed by atoms with Crippen LogP contribution >= 0.6 is 0 Å². The lowest BCUT2D eigenvalue weighted by Gasteiger charge is -2.11. The molecule has 0 saturated heterocycles. The summed E-state index contributed by atoms with van der Waals surface area (Å²) in [6.45, 7) is -0.0414. The highest BCUT2D eigenvalue weighted by molar-refractivity contribution is 5.99. The third-order valence-corrected chi connectivity index (χ3v) is 3.67. The van der Waals surface area contributed by atoms with E-state index in [4.69, 9.17) is 4.74 Å². The van der Waals surface area contributed by atoms with E-state index in [2.05, 4.69) is 5.32 Å². The maximum absolute atomic E-state index is 12.0. The summed E-state index contributed by atoms with van der Waals surface area (Å²) in [5.74, 6) is 0.115. The molecule has 0 bridgehead atoms. The molecule has 0 aromatic heterocycles. The number of benzene rings is 2. The Morgan fingerprint density at radius 1 is 0.923 bits per heavy atom. The maximum Gasteiger partial charge on any atom is 0.259 e. The van der Waals surface area contributed by atoms with Crippen molar-refractivity contribution in [3.05, 3.63) is 60.2 Å². The van der Waals surface area contributed by atoms with Gasteiger partial charge in [0, 0.05) is 38.2 Å². The lowest BCUT2D eigenvalue weighted by Crippen LogP contribution is -2.27. The van der Waals surface area contributed by atoms with Crippen molar-refractivity contribution in [1.29, 1.82) is 0 Å². The number of hydrogen-bond acceptors (Lipinski definition) is 4. The highest BCUT2D eigenvalue weighted by Gasteiger charge is 2.09. The van der Waals surface area contributed by atoms with Crippen LogP contribution in [0.2, 0.25) is 0 Å². The van der Waals surface area contributed by atoms with Gasteiger partial charge in [0.05, 0.1) is 0 Å². The Morgan fingerprint density at radius 3 is 2.19 bits per heavy atom. The van der Waals surface area contributed by atoms with Gasteiger partial charge < -0.3 is 15.0 Å². The summed E-state index contributed by atoms with van der Waals surface area (Å²) >= 11 is 0. The van der Waals surface area contributed by atoms with Gasteiger partial charge in [0.1, 0.15) is 5.75 Å². The molecule has 6 heteroatoms. The molecule has 0 aliphatic carbocycles. The molecule has 1 N–H and O–H groups in total. The molecule has 0 saturated carbocycles. The van der Waals surface area contributed by atoms with Crippen LogP contribution in [-0.2, 0) is 9.59 Å².